The van der Waals surface area contributed by atoms with Crippen molar-refractivity contribution in [3.05, 3.63) is 71.8 Å². The molecule has 1 atom stereocenters. The summed E-state index contributed by atoms with van der Waals surface area (Å²) in [6.45, 7) is 3.24. The molecule has 2 aromatic rings. The van der Waals surface area contributed by atoms with Crippen molar-refractivity contribution in [1.29, 1.82) is 0 Å². The van der Waals surface area contributed by atoms with Crippen LogP contribution >= 0.6 is 0 Å². The molecule has 5 fully saturated rings. The molecule has 2 amide bonds. The number of urea groups is 1. The van der Waals surface area contributed by atoms with E-state index in [0.717, 1.165) is 53.8 Å². The summed E-state index contributed by atoms with van der Waals surface area (Å²) in [6, 6.07) is 20.7. The van der Waals surface area contributed by atoms with Gasteiger partial charge in [0, 0.05) is 31.7 Å². The quantitative estimate of drug-likeness (QED) is 0.369. The van der Waals surface area contributed by atoms with Crippen molar-refractivity contribution >= 4 is 6.03 Å². The lowest BCUT2D eigenvalue weighted by Gasteiger charge is -2.61. The summed E-state index contributed by atoms with van der Waals surface area (Å²) in [5.74, 6) is 2.86. The Morgan fingerprint density at radius 2 is 1.38 bits per heavy atom. The van der Waals surface area contributed by atoms with E-state index in [0.29, 0.717) is 0 Å². The second-order valence-electron chi connectivity index (χ2n) is 13.6. The molecular formula is C34H48N3O2+. The number of hydrogen-bond acceptors (Lipinski definition) is 2. The minimum Gasteiger partial charge on any atom is -0.378 e. The minimum absolute atomic E-state index is 0.186. The number of quaternary nitrogens is 1. The van der Waals surface area contributed by atoms with Crippen LogP contribution in [-0.2, 0) is 5.60 Å². The van der Waals surface area contributed by atoms with E-state index in [1.54, 1.807) is 0 Å². The van der Waals surface area contributed by atoms with Gasteiger partial charge in [-0.1, -0.05) is 60.7 Å². The van der Waals surface area contributed by atoms with Gasteiger partial charge in [0.1, 0.15) is 5.60 Å². The summed E-state index contributed by atoms with van der Waals surface area (Å²) >= 11 is 0. The van der Waals surface area contributed by atoms with Gasteiger partial charge in [0.2, 0.25) is 0 Å². The Morgan fingerprint density at radius 3 is 1.90 bits per heavy atom. The molecule has 5 nitrogen and oxygen atoms in total. The first-order chi connectivity index (χ1) is 18.8. The predicted molar refractivity (Wildman–Crippen MR) is 156 cm³/mol. The molecule has 2 aromatic carbocycles. The Balaban J connectivity index is 1.00. The van der Waals surface area contributed by atoms with Gasteiger partial charge in [-0.15, -0.1) is 0 Å². The Morgan fingerprint density at radius 1 is 0.872 bits per heavy atom. The van der Waals surface area contributed by atoms with Gasteiger partial charge in [-0.3, -0.25) is 0 Å². The van der Waals surface area contributed by atoms with Gasteiger partial charge < -0.3 is 20.2 Å². The summed E-state index contributed by atoms with van der Waals surface area (Å²) in [6.07, 6.45) is 13.3. The molecular weight excluding hydrogens is 482 g/mol. The van der Waals surface area contributed by atoms with Crippen LogP contribution in [-0.4, -0.2) is 53.4 Å². The van der Waals surface area contributed by atoms with E-state index in [9.17, 15) is 9.90 Å². The highest BCUT2D eigenvalue weighted by atomic mass is 16.3. The third kappa shape index (κ3) is 5.25. The first-order valence-corrected chi connectivity index (χ1v) is 15.6. The van der Waals surface area contributed by atoms with Gasteiger partial charge in [-0.25, -0.2) is 4.79 Å². The second kappa shape index (κ2) is 10.9. The highest BCUT2D eigenvalue weighted by molar-refractivity contribution is 5.75. The van der Waals surface area contributed by atoms with Crippen molar-refractivity contribution in [2.75, 3.05) is 13.6 Å². The number of carbonyl (C=O) groups is 1. The van der Waals surface area contributed by atoms with Crippen molar-refractivity contribution in [2.45, 2.75) is 101 Å². The van der Waals surface area contributed by atoms with Crippen molar-refractivity contribution in [1.82, 2.24) is 10.6 Å². The number of benzene rings is 2. The molecule has 0 unspecified atom stereocenters. The van der Waals surface area contributed by atoms with E-state index in [1.807, 2.05) is 67.6 Å². The fourth-order valence-electron chi connectivity index (χ4n) is 9.04. The van der Waals surface area contributed by atoms with Gasteiger partial charge in [0.05, 0.1) is 31.7 Å². The maximum Gasteiger partial charge on any atom is 0.315 e. The van der Waals surface area contributed by atoms with Gasteiger partial charge in [-0.05, 0) is 74.3 Å². The van der Waals surface area contributed by atoms with Gasteiger partial charge >= 0.3 is 6.03 Å². The summed E-state index contributed by atoms with van der Waals surface area (Å²) < 4.78 is 1.36. The monoisotopic (exact) mass is 530 g/mol. The molecule has 5 aliphatic rings. The van der Waals surface area contributed by atoms with E-state index in [2.05, 4.69) is 17.7 Å². The van der Waals surface area contributed by atoms with Gasteiger partial charge in [0.15, 0.2) is 0 Å². The Hall–Kier alpha value is -2.37. The molecule has 2 heterocycles. The number of carbonyl (C=O) groups excluding carboxylic acids is 1. The Labute approximate surface area is 235 Å². The number of rotatable bonds is 8. The number of amides is 2. The van der Waals surface area contributed by atoms with E-state index < -0.39 is 11.6 Å². The lowest BCUT2D eigenvalue weighted by Crippen LogP contribution is -2.68. The van der Waals surface area contributed by atoms with Crippen LogP contribution in [0.25, 0.3) is 0 Å². The lowest BCUT2D eigenvalue weighted by atomic mass is 9.62. The average molecular weight is 531 g/mol. The van der Waals surface area contributed by atoms with Crippen LogP contribution in [0.5, 0.6) is 0 Å². The third-order valence-corrected chi connectivity index (χ3v) is 11.4. The Bertz CT molecular complexity index is 1040. The topological polar surface area (TPSA) is 61.4 Å². The molecule has 3 aliphatic carbocycles. The fraction of sp³-hybridized carbons (Fsp3) is 0.618. The molecule has 0 radical (unpaired) electrons. The molecule has 2 aliphatic heterocycles. The summed E-state index contributed by atoms with van der Waals surface area (Å²) in [7, 11) is 2.58. The number of nitrogens with one attached hydrogen (secondary N) is 2. The second-order valence-corrected chi connectivity index (χ2v) is 13.6. The summed E-state index contributed by atoms with van der Waals surface area (Å²) in [5, 5.41) is 18.2. The average Bonchev–Trinajstić information content (AvgIpc) is 2.95. The zero-order valence-electron chi connectivity index (χ0n) is 23.9. The number of piperidine rings is 2. The van der Waals surface area contributed by atoms with Gasteiger partial charge in [0.25, 0.3) is 0 Å². The largest absolute Gasteiger partial charge is 0.378 e. The standard InChI is InChI=1S/C34H47N3O2/c1-24(34(39,28-9-5-3-6-10-28)29-11-7-4-8-12-29)35-33(38)36-30-15-13-25(14-16-30)17-18-37(2)31-20-26-19-27(22-31)23-32(37)21-26/h3-12,24-27,30-32,39H,13-23H2,1-2H3,(H-,35,36,38)/p+1/t24-,25?,26?,27?,30?,31?,32?,37?/m0/s1. The Kier molecular flexibility index (Phi) is 7.49. The van der Waals surface area contributed by atoms with Crippen LogP contribution in [0.4, 0.5) is 4.79 Å². The van der Waals surface area contributed by atoms with Crippen LogP contribution in [0.15, 0.2) is 60.7 Å². The molecule has 7 rings (SSSR count). The van der Waals surface area contributed by atoms with E-state index in [-0.39, 0.29) is 12.1 Å². The van der Waals surface area contributed by atoms with Crippen LogP contribution in [0.2, 0.25) is 0 Å². The fourth-order valence-corrected chi connectivity index (χ4v) is 9.04. The normalized spacial score (nSPS) is 34.4. The highest BCUT2D eigenvalue weighted by Crippen LogP contribution is 2.52. The smallest absolute Gasteiger partial charge is 0.315 e. The molecule has 210 valence electrons. The zero-order valence-corrected chi connectivity index (χ0v) is 23.9. The van der Waals surface area contributed by atoms with Crippen LogP contribution in [0.1, 0.15) is 82.3 Å². The minimum atomic E-state index is -1.32. The van der Waals surface area contributed by atoms with Crippen molar-refractivity contribution < 1.29 is 14.4 Å². The first kappa shape index (κ1) is 26.8. The molecule has 2 saturated heterocycles. The highest BCUT2D eigenvalue weighted by Gasteiger charge is 2.55. The number of aliphatic hydroxyl groups is 1. The maximum absolute atomic E-state index is 13.1. The molecule has 0 aromatic heterocycles. The summed E-state index contributed by atoms with van der Waals surface area (Å²) in [4.78, 5) is 13.1. The van der Waals surface area contributed by atoms with Crippen LogP contribution < -0.4 is 10.6 Å². The summed E-state index contributed by atoms with van der Waals surface area (Å²) in [5.41, 5.74) is 0.232. The molecule has 3 saturated carbocycles. The van der Waals surface area contributed by atoms with Crippen LogP contribution in [0.3, 0.4) is 0 Å². The van der Waals surface area contributed by atoms with Crippen molar-refractivity contribution in [3.8, 4) is 0 Å². The van der Waals surface area contributed by atoms with Crippen molar-refractivity contribution in [2.24, 2.45) is 17.8 Å². The van der Waals surface area contributed by atoms with Crippen LogP contribution in [0, 0.1) is 17.8 Å². The SMILES string of the molecule is C[C@H](NC(=O)NC1CCC(CC[N+]2(C)C3CC4CC(C3)CC2C4)CC1)C(O)(c1ccccc1)c1ccccc1. The zero-order chi connectivity index (χ0) is 27.0. The van der Waals surface area contributed by atoms with E-state index in [1.165, 1.54) is 62.4 Å². The lowest BCUT2D eigenvalue weighted by molar-refractivity contribution is -0.972. The van der Waals surface area contributed by atoms with E-state index >= 15 is 0 Å². The third-order valence-electron chi connectivity index (χ3n) is 11.4. The maximum atomic E-state index is 13.1. The van der Waals surface area contributed by atoms with E-state index in [4.69, 9.17) is 0 Å². The number of nitrogens with zero attached hydrogens (tertiary/aromatic N) is 1. The molecule has 0 spiro atoms. The molecule has 4 bridgehead atoms. The number of hydrogen-bond donors (Lipinski definition) is 3. The molecule has 3 N–H and O–H groups in total. The molecule has 5 heteroatoms. The van der Waals surface area contributed by atoms with Gasteiger partial charge in [-0.2, -0.15) is 0 Å². The van der Waals surface area contributed by atoms with Crippen molar-refractivity contribution in [3.63, 3.8) is 0 Å². The first-order valence-electron chi connectivity index (χ1n) is 15.6. The predicted octanol–water partition coefficient (Wildman–Crippen LogP) is 5.97. The molecule has 39 heavy (non-hydrogen) atoms.